The SMILES string of the molecule is N#Cc1ccc2c(c1)CCCC2Nc1ccc2n[nH]c(C(F)(F)F)c2c1. The van der Waals surface area contributed by atoms with Gasteiger partial charge in [-0.05, 0) is 60.7 Å². The highest BCUT2D eigenvalue weighted by atomic mass is 19.4. The van der Waals surface area contributed by atoms with Crippen molar-refractivity contribution in [3.8, 4) is 6.07 Å². The minimum absolute atomic E-state index is 0.00480. The fourth-order valence-electron chi connectivity index (χ4n) is 3.55. The molecule has 132 valence electrons. The Morgan fingerprint density at radius 1 is 1.19 bits per heavy atom. The summed E-state index contributed by atoms with van der Waals surface area (Å²) in [5, 5.41) is 18.2. The molecule has 4 nitrogen and oxygen atoms in total. The molecule has 0 spiro atoms. The number of nitriles is 1. The molecule has 0 fully saturated rings. The van der Waals surface area contributed by atoms with Crippen LogP contribution < -0.4 is 5.32 Å². The lowest BCUT2D eigenvalue weighted by molar-refractivity contribution is -0.139. The van der Waals surface area contributed by atoms with E-state index in [0.29, 0.717) is 11.3 Å². The number of benzene rings is 2. The van der Waals surface area contributed by atoms with Gasteiger partial charge in [0.15, 0.2) is 0 Å². The highest BCUT2D eigenvalue weighted by Crippen LogP contribution is 2.36. The van der Waals surface area contributed by atoms with Crippen LogP contribution in [0, 0.1) is 11.3 Å². The molecule has 1 heterocycles. The minimum atomic E-state index is -4.47. The normalized spacial score (nSPS) is 16.9. The lowest BCUT2D eigenvalue weighted by Gasteiger charge is -2.27. The molecule has 0 saturated carbocycles. The molecule has 26 heavy (non-hydrogen) atoms. The molecule has 2 N–H and O–H groups in total. The second-order valence-corrected chi connectivity index (χ2v) is 6.44. The fraction of sp³-hybridized carbons (Fsp3) is 0.263. The predicted octanol–water partition coefficient (Wildman–Crippen LogP) is 4.94. The first kappa shape index (κ1) is 16.5. The second-order valence-electron chi connectivity index (χ2n) is 6.44. The van der Waals surface area contributed by atoms with E-state index in [0.717, 1.165) is 30.4 Å². The van der Waals surface area contributed by atoms with Gasteiger partial charge in [-0.15, -0.1) is 0 Å². The summed E-state index contributed by atoms with van der Waals surface area (Å²) in [5.74, 6) is 0. The van der Waals surface area contributed by atoms with E-state index in [1.165, 1.54) is 6.07 Å². The summed E-state index contributed by atoms with van der Waals surface area (Å²) in [6.45, 7) is 0. The van der Waals surface area contributed by atoms with E-state index < -0.39 is 11.9 Å². The van der Waals surface area contributed by atoms with E-state index in [9.17, 15) is 13.2 Å². The fourth-order valence-corrected chi connectivity index (χ4v) is 3.55. The van der Waals surface area contributed by atoms with Gasteiger partial charge in [0.25, 0.3) is 0 Å². The summed E-state index contributed by atoms with van der Waals surface area (Å²) >= 11 is 0. The van der Waals surface area contributed by atoms with Gasteiger partial charge in [0.05, 0.1) is 23.2 Å². The Bertz CT molecular complexity index is 1010. The van der Waals surface area contributed by atoms with Crippen molar-refractivity contribution in [3.05, 3.63) is 58.8 Å². The monoisotopic (exact) mass is 356 g/mol. The van der Waals surface area contributed by atoms with Crippen LogP contribution in [-0.2, 0) is 12.6 Å². The molecule has 0 radical (unpaired) electrons. The summed E-state index contributed by atoms with van der Waals surface area (Å²) in [7, 11) is 0. The lowest BCUT2D eigenvalue weighted by atomic mass is 9.86. The lowest BCUT2D eigenvalue weighted by Crippen LogP contribution is -2.17. The van der Waals surface area contributed by atoms with Gasteiger partial charge in [0, 0.05) is 11.1 Å². The zero-order valence-electron chi connectivity index (χ0n) is 13.7. The van der Waals surface area contributed by atoms with Gasteiger partial charge < -0.3 is 5.32 Å². The van der Waals surface area contributed by atoms with Crippen molar-refractivity contribution in [1.29, 1.82) is 5.26 Å². The zero-order chi connectivity index (χ0) is 18.3. The quantitative estimate of drug-likeness (QED) is 0.683. The molecule has 7 heteroatoms. The van der Waals surface area contributed by atoms with E-state index in [2.05, 4.69) is 21.6 Å². The molecule has 0 bridgehead atoms. The number of nitrogens with one attached hydrogen (secondary N) is 2. The molecule has 0 amide bonds. The van der Waals surface area contributed by atoms with Crippen LogP contribution in [-0.4, -0.2) is 10.2 Å². The number of alkyl halides is 3. The number of fused-ring (bicyclic) bond motifs is 2. The Morgan fingerprint density at radius 3 is 2.81 bits per heavy atom. The molecule has 2 aromatic carbocycles. The summed E-state index contributed by atoms with van der Waals surface area (Å²) in [5.41, 5.74) is 2.90. The third kappa shape index (κ3) is 2.88. The third-order valence-corrected chi connectivity index (χ3v) is 4.76. The Kier molecular flexibility index (Phi) is 3.83. The maximum absolute atomic E-state index is 13.1. The molecular weight excluding hydrogens is 341 g/mol. The summed E-state index contributed by atoms with van der Waals surface area (Å²) in [4.78, 5) is 0. The van der Waals surface area contributed by atoms with Crippen molar-refractivity contribution in [2.24, 2.45) is 0 Å². The Balaban J connectivity index is 1.67. The number of aromatic amines is 1. The first-order chi connectivity index (χ1) is 12.5. The van der Waals surface area contributed by atoms with Crippen LogP contribution in [0.4, 0.5) is 18.9 Å². The zero-order valence-corrected chi connectivity index (χ0v) is 13.7. The van der Waals surface area contributed by atoms with Gasteiger partial charge in [-0.2, -0.15) is 23.5 Å². The highest BCUT2D eigenvalue weighted by Gasteiger charge is 2.35. The predicted molar refractivity (Wildman–Crippen MR) is 91.6 cm³/mol. The first-order valence-electron chi connectivity index (χ1n) is 8.30. The maximum atomic E-state index is 13.1. The average molecular weight is 356 g/mol. The van der Waals surface area contributed by atoms with Crippen LogP contribution in [0.1, 0.15) is 41.3 Å². The Labute approximate surface area is 147 Å². The number of halogens is 3. The Hall–Kier alpha value is -3.01. The van der Waals surface area contributed by atoms with Crippen molar-refractivity contribution in [2.75, 3.05) is 5.32 Å². The van der Waals surface area contributed by atoms with Crippen molar-refractivity contribution in [3.63, 3.8) is 0 Å². The van der Waals surface area contributed by atoms with E-state index >= 15 is 0 Å². The van der Waals surface area contributed by atoms with Crippen molar-refractivity contribution in [2.45, 2.75) is 31.5 Å². The minimum Gasteiger partial charge on any atom is -0.378 e. The number of nitrogens with zero attached hydrogens (tertiary/aromatic N) is 2. The molecule has 1 unspecified atom stereocenters. The molecule has 1 aliphatic rings. The molecule has 1 aromatic heterocycles. The van der Waals surface area contributed by atoms with Gasteiger partial charge in [-0.1, -0.05) is 6.07 Å². The van der Waals surface area contributed by atoms with Crippen LogP contribution in [0.3, 0.4) is 0 Å². The molecular formula is C19H15F3N4. The maximum Gasteiger partial charge on any atom is 0.433 e. The number of rotatable bonds is 2. The van der Waals surface area contributed by atoms with E-state index in [1.54, 1.807) is 18.2 Å². The van der Waals surface area contributed by atoms with E-state index in [-0.39, 0.29) is 16.9 Å². The molecule has 3 aromatic rings. The third-order valence-electron chi connectivity index (χ3n) is 4.76. The number of anilines is 1. The van der Waals surface area contributed by atoms with Gasteiger partial charge in [-0.25, -0.2) is 0 Å². The van der Waals surface area contributed by atoms with Crippen LogP contribution in [0.25, 0.3) is 10.9 Å². The van der Waals surface area contributed by atoms with Crippen molar-refractivity contribution < 1.29 is 13.2 Å². The number of aryl methyl sites for hydroxylation is 1. The smallest absolute Gasteiger partial charge is 0.378 e. The molecule has 0 saturated heterocycles. The first-order valence-corrected chi connectivity index (χ1v) is 8.30. The molecule has 0 aliphatic heterocycles. The molecule has 1 aliphatic carbocycles. The van der Waals surface area contributed by atoms with E-state index in [4.69, 9.17) is 5.26 Å². The summed E-state index contributed by atoms with van der Waals surface area (Å²) < 4.78 is 39.3. The number of H-pyrrole nitrogens is 1. The molecule has 1 atom stereocenters. The Morgan fingerprint density at radius 2 is 2.04 bits per heavy atom. The highest BCUT2D eigenvalue weighted by molar-refractivity contribution is 5.85. The largest absolute Gasteiger partial charge is 0.433 e. The average Bonchev–Trinajstić information content (AvgIpc) is 3.05. The standard InChI is InChI=1S/C19H15F3N4/c20-19(21,22)18-15-9-13(5-7-17(15)25-26-18)24-16-3-1-2-12-8-11(10-23)4-6-14(12)16/h4-9,16,24H,1-3H2,(H,25,26). The van der Waals surface area contributed by atoms with E-state index in [1.807, 2.05) is 12.1 Å². The summed E-state index contributed by atoms with van der Waals surface area (Å²) in [6, 6.07) is 12.5. The van der Waals surface area contributed by atoms with Crippen molar-refractivity contribution in [1.82, 2.24) is 10.2 Å². The molecule has 4 rings (SSSR count). The summed E-state index contributed by atoms with van der Waals surface area (Å²) in [6.07, 6.45) is -1.73. The van der Waals surface area contributed by atoms with Crippen LogP contribution in [0.15, 0.2) is 36.4 Å². The number of hydrogen-bond acceptors (Lipinski definition) is 3. The van der Waals surface area contributed by atoms with Crippen LogP contribution >= 0.6 is 0 Å². The van der Waals surface area contributed by atoms with Gasteiger partial charge in [-0.3, -0.25) is 5.10 Å². The topological polar surface area (TPSA) is 64.5 Å². The van der Waals surface area contributed by atoms with Gasteiger partial charge >= 0.3 is 6.18 Å². The number of aromatic nitrogens is 2. The number of hydrogen-bond donors (Lipinski definition) is 2. The van der Waals surface area contributed by atoms with Gasteiger partial charge in [0.1, 0.15) is 5.69 Å². The van der Waals surface area contributed by atoms with Crippen LogP contribution in [0.5, 0.6) is 0 Å². The second kappa shape index (κ2) is 6.06. The van der Waals surface area contributed by atoms with Crippen molar-refractivity contribution >= 4 is 16.6 Å². The van der Waals surface area contributed by atoms with Crippen LogP contribution in [0.2, 0.25) is 0 Å². The van der Waals surface area contributed by atoms with Gasteiger partial charge in [0.2, 0.25) is 0 Å².